The smallest absolute Gasteiger partial charge is 0.222 e. The first-order chi connectivity index (χ1) is 10.2. The van der Waals surface area contributed by atoms with Gasteiger partial charge in [-0.2, -0.15) is 0 Å². The number of methoxy groups -OCH3 is 1. The zero-order chi connectivity index (χ0) is 14.7. The molecule has 1 spiro atoms. The second kappa shape index (κ2) is 6.15. The molecular weight excluding hydrogens is 270 g/mol. The first-order valence-electron chi connectivity index (χ1n) is 7.57. The quantitative estimate of drug-likeness (QED) is 0.810. The largest absolute Gasteiger partial charge is 0.381 e. The van der Waals surface area contributed by atoms with Crippen LogP contribution in [0.2, 0.25) is 0 Å². The van der Waals surface area contributed by atoms with Crippen molar-refractivity contribution in [3.8, 4) is 0 Å². The Hall–Kier alpha value is -1.40. The number of imidazole rings is 1. The maximum atomic E-state index is 12.4. The second-order valence-corrected chi connectivity index (χ2v) is 6.07. The van der Waals surface area contributed by atoms with E-state index in [4.69, 9.17) is 9.47 Å². The zero-order valence-corrected chi connectivity index (χ0v) is 12.5. The van der Waals surface area contributed by atoms with Crippen LogP contribution in [0, 0.1) is 5.41 Å². The molecule has 6 heteroatoms. The van der Waals surface area contributed by atoms with Crippen molar-refractivity contribution in [3.05, 3.63) is 18.7 Å². The minimum atomic E-state index is 0.0226. The topological polar surface area (TPSA) is 56.6 Å². The third kappa shape index (κ3) is 2.96. The summed E-state index contributed by atoms with van der Waals surface area (Å²) in [6.45, 7) is 3.80. The average Bonchev–Trinajstić information content (AvgIpc) is 3.21. The van der Waals surface area contributed by atoms with Gasteiger partial charge >= 0.3 is 0 Å². The number of aromatic nitrogens is 2. The van der Waals surface area contributed by atoms with E-state index in [-0.39, 0.29) is 17.4 Å². The lowest BCUT2D eigenvalue weighted by molar-refractivity contribution is -0.130. The number of nitrogens with zero attached hydrogens (tertiary/aromatic N) is 3. The van der Waals surface area contributed by atoms with Gasteiger partial charge in [-0.15, -0.1) is 0 Å². The molecule has 0 aromatic carbocycles. The van der Waals surface area contributed by atoms with Gasteiger partial charge in [-0.1, -0.05) is 0 Å². The van der Waals surface area contributed by atoms with Gasteiger partial charge in [0.15, 0.2) is 0 Å². The van der Waals surface area contributed by atoms with Crippen LogP contribution in [0.4, 0.5) is 0 Å². The average molecular weight is 293 g/mol. The molecule has 2 atom stereocenters. The summed E-state index contributed by atoms with van der Waals surface area (Å²) >= 11 is 0. The number of carbonyl (C=O) groups is 1. The summed E-state index contributed by atoms with van der Waals surface area (Å²) in [5.41, 5.74) is 0.0226. The minimum Gasteiger partial charge on any atom is -0.381 e. The number of ether oxygens (including phenoxy) is 2. The maximum Gasteiger partial charge on any atom is 0.222 e. The van der Waals surface area contributed by atoms with Crippen LogP contribution in [0.1, 0.15) is 19.3 Å². The number of carbonyl (C=O) groups excluding carboxylic acids is 1. The van der Waals surface area contributed by atoms with Gasteiger partial charge in [-0.3, -0.25) is 4.79 Å². The number of hydrogen-bond donors (Lipinski definition) is 0. The van der Waals surface area contributed by atoms with Crippen molar-refractivity contribution in [1.29, 1.82) is 0 Å². The lowest BCUT2D eigenvalue weighted by Crippen LogP contribution is -2.36. The third-order valence-corrected chi connectivity index (χ3v) is 4.71. The van der Waals surface area contributed by atoms with E-state index >= 15 is 0 Å². The Morgan fingerprint density at radius 3 is 3.14 bits per heavy atom. The highest BCUT2D eigenvalue weighted by atomic mass is 16.5. The van der Waals surface area contributed by atoms with Crippen LogP contribution in [-0.4, -0.2) is 59.9 Å². The molecule has 0 unspecified atom stereocenters. The Morgan fingerprint density at radius 1 is 1.57 bits per heavy atom. The number of likely N-dealkylation sites (tertiary alicyclic amines) is 1. The fraction of sp³-hybridized carbons (Fsp3) is 0.733. The van der Waals surface area contributed by atoms with Crippen molar-refractivity contribution in [2.24, 2.45) is 5.41 Å². The number of hydrogen-bond acceptors (Lipinski definition) is 4. The van der Waals surface area contributed by atoms with Gasteiger partial charge < -0.3 is 18.9 Å². The normalized spacial score (nSPS) is 28.6. The van der Waals surface area contributed by atoms with E-state index in [2.05, 4.69) is 4.98 Å². The van der Waals surface area contributed by atoms with Crippen LogP contribution in [0.5, 0.6) is 0 Å². The molecule has 0 aliphatic carbocycles. The number of amides is 1. The molecule has 116 valence electrons. The monoisotopic (exact) mass is 293 g/mol. The van der Waals surface area contributed by atoms with Crippen LogP contribution in [0.25, 0.3) is 0 Å². The van der Waals surface area contributed by atoms with E-state index in [9.17, 15) is 4.79 Å². The molecule has 1 amide bonds. The third-order valence-electron chi connectivity index (χ3n) is 4.71. The zero-order valence-electron chi connectivity index (χ0n) is 12.5. The molecule has 2 saturated heterocycles. The summed E-state index contributed by atoms with van der Waals surface area (Å²) in [5.74, 6) is 0.223. The van der Waals surface area contributed by atoms with Crippen LogP contribution in [0.15, 0.2) is 18.7 Å². The van der Waals surface area contributed by atoms with E-state index in [1.54, 1.807) is 19.6 Å². The van der Waals surface area contributed by atoms with Gasteiger partial charge in [-0.05, 0) is 12.8 Å². The first kappa shape index (κ1) is 14.5. The van der Waals surface area contributed by atoms with Crippen LogP contribution >= 0.6 is 0 Å². The van der Waals surface area contributed by atoms with E-state index in [0.717, 1.165) is 32.5 Å². The van der Waals surface area contributed by atoms with Crippen LogP contribution in [-0.2, 0) is 20.8 Å². The molecule has 3 heterocycles. The molecule has 1 aromatic heterocycles. The summed E-state index contributed by atoms with van der Waals surface area (Å²) in [7, 11) is 1.73. The predicted molar refractivity (Wildman–Crippen MR) is 76.7 cm³/mol. The van der Waals surface area contributed by atoms with Gasteiger partial charge in [0.25, 0.3) is 0 Å². The van der Waals surface area contributed by atoms with E-state index in [1.165, 1.54) is 0 Å². The van der Waals surface area contributed by atoms with E-state index < -0.39 is 0 Å². The highest BCUT2D eigenvalue weighted by Crippen LogP contribution is 2.40. The summed E-state index contributed by atoms with van der Waals surface area (Å²) < 4.78 is 13.2. The molecule has 0 N–H and O–H groups in total. The molecule has 21 heavy (non-hydrogen) atoms. The molecule has 0 radical (unpaired) electrons. The Balaban J connectivity index is 1.51. The molecule has 2 aliphatic heterocycles. The van der Waals surface area contributed by atoms with Crippen LogP contribution < -0.4 is 0 Å². The Labute approximate surface area is 125 Å². The van der Waals surface area contributed by atoms with Crippen LogP contribution in [0.3, 0.4) is 0 Å². The highest BCUT2D eigenvalue weighted by Gasteiger charge is 2.50. The SMILES string of the molecule is CO[C@H]1CN(C(=O)CCCn2ccnc2)C[C@@]12CCOC2. The fourth-order valence-corrected chi connectivity index (χ4v) is 3.45. The van der Waals surface area contributed by atoms with Gasteiger partial charge in [0, 0.05) is 57.6 Å². The lowest BCUT2D eigenvalue weighted by atomic mass is 9.84. The standard InChI is InChI=1S/C15H23N3O3/c1-20-13-9-18(10-15(13)4-8-21-11-15)14(19)3-2-6-17-7-5-16-12-17/h5,7,12-13H,2-4,6,8-11H2,1H3/t13-,15+/m0/s1. The van der Waals surface area contributed by atoms with Gasteiger partial charge in [-0.25, -0.2) is 4.98 Å². The molecule has 0 bridgehead atoms. The molecule has 0 saturated carbocycles. The van der Waals surface area contributed by atoms with Gasteiger partial charge in [0.05, 0.1) is 19.0 Å². The maximum absolute atomic E-state index is 12.4. The molecular formula is C15H23N3O3. The van der Waals surface area contributed by atoms with Crippen molar-refractivity contribution in [2.45, 2.75) is 31.9 Å². The predicted octanol–water partition coefficient (Wildman–Crippen LogP) is 0.927. The number of rotatable bonds is 5. The summed E-state index contributed by atoms with van der Waals surface area (Å²) in [5, 5.41) is 0. The second-order valence-electron chi connectivity index (χ2n) is 6.07. The lowest BCUT2D eigenvalue weighted by Gasteiger charge is -2.26. The minimum absolute atomic E-state index is 0.0226. The number of aryl methyl sites for hydroxylation is 1. The van der Waals surface area contributed by atoms with Crippen molar-refractivity contribution < 1.29 is 14.3 Å². The molecule has 6 nitrogen and oxygen atoms in total. The Bertz CT molecular complexity index is 469. The van der Waals surface area contributed by atoms with E-state index in [1.807, 2.05) is 15.7 Å². The van der Waals surface area contributed by atoms with Crippen molar-refractivity contribution in [1.82, 2.24) is 14.5 Å². The Morgan fingerprint density at radius 2 is 2.48 bits per heavy atom. The van der Waals surface area contributed by atoms with Crippen molar-refractivity contribution >= 4 is 5.91 Å². The molecule has 2 fully saturated rings. The molecule has 2 aliphatic rings. The van der Waals surface area contributed by atoms with Crippen molar-refractivity contribution in [2.75, 3.05) is 33.4 Å². The van der Waals surface area contributed by atoms with Gasteiger partial charge in [0.1, 0.15) is 0 Å². The fourth-order valence-electron chi connectivity index (χ4n) is 3.45. The summed E-state index contributed by atoms with van der Waals surface area (Å²) in [4.78, 5) is 18.3. The summed E-state index contributed by atoms with van der Waals surface area (Å²) in [6, 6.07) is 0. The molecule has 3 rings (SSSR count). The van der Waals surface area contributed by atoms with Crippen molar-refractivity contribution in [3.63, 3.8) is 0 Å². The van der Waals surface area contributed by atoms with E-state index in [0.29, 0.717) is 19.6 Å². The summed E-state index contributed by atoms with van der Waals surface area (Å²) in [6.07, 6.45) is 7.98. The van der Waals surface area contributed by atoms with Gasteiger partial charge in [0.2, 0.25) is 5.91 Å². The molecule has 1 aromatic rings. The first-order valence-corrected chi connectivity index (χ1v) is 7.57. The Kier molecular flexibility index (Phi) is 4.26. The highest BCUT2D eigenvalue weighted by molar-refractivity contribution is 5.76.